The molecular formula is C15H22F2N2O3S. The molecule has 2 N–H and O–H groups in total. The van der Waals surface area contributed by atoms with E-state index in [1.807, 2.05) is 0 Å². The summed E-state index contributed by atoms with van der Waals surface area (Å²) in [4.78, 5) is 11.7. The number of benzene rings is 1. The number of nitrogens with one attached hydrogen (secondary N) is 2. The maximum Gasteiger partial charge on any atom is 0.315 e. The minimum atomic E-state index is -3.06. The Morgan fingerprint density at radius 3 is 2.43 bits per heavy atom. The number of urea groups is 1. The van der Waals surface area contributed by atoms with Crippen molar-refractivity contribution in [2.24, 2.45) is 0 Å². The van der Waals surface area contributed by atoms with Gasteiger partial charge in [0.15, 0.2) is 11.6 Å². The summed E-state index contributed by atoms with van der Waals surface area (Å²) in [5, 5.41) is 5.26. The number of carbonyl (C=O) groups excluding carboxylic acids is 1. The molecule has 23 heavy (non-hydrogen) atoms. The average Bonchev–Trinajstić information content (AvgIpc) is 2.45. The van der Waals surface area contributed by atoms with Gasteiger partial charge in [0.05, 0.1) is 5.75 Å². The van der Waals surface area contributed by atoms with Crippen LogP contribution < -0.4 is 10.6 Å². The predicted molar refractivity (Wildman–Crippen MR) is 85.1 cm³/mol. The molecule has 2 amide bonds. The summed E-state index contributed by atoms with van der Waals surface area (Å²) < 4.78 is 48.2. The first-order chi connectivity index (χ1) is 10.6. The summed E-state index contributed by atoms with van der Waals surface area (Å²) >= 11 is 0. The van der Waals surface area contributed by atoms with Crippen molar-refractivity contribution in [3.8, 4) is 0 Å². The second-order valence-corrected chi connectivity index (χ2v) is 8.01. The Hall–Kier alpha value is -1.70. The number of sulfone groups is 1. The van der Waals surface area contributed by atoms with Crippen LogP contribution in [0.4, 0.5) is 13.6 Å². The normalized spacial score (nSPS) is 14.1. The van der Waals surface area contributed by atoms with Crippen LogP contribution in [0.2, 0.25) is 0 Å². The number of rotatable bonds is 7. The highest BCUT2D eigenvalue weighted by Gasteiger charge is 2.13. The molecule has 0 bridgehead atoms. The molecule has 0 saturated heterocycles. The van der Waals surface area contributed by atoms with Crippen LogP contribution in [0.1, 0.15) is 31.7 Å². The summed E-state index contributed by atoms with van der Waals surface area (Å²) in [6.07, 6.45) is 1.47. The van der Waals surface area contributed by atoms with Crippen LogP contribution in [0.15, 0.2) is 18.2 Å². The first-order valence-corrected chi connectivity index (χ1v) is 9.31. The molecule has 0 aliphatic heterocycles. The molecule has 0 aliphatic rings. The van der Waals surface area contributed by atoms with Crippen LogP contribution in [0, 0.1) is 11.6 Å². The molecule has 1 rings (SSSR count). The van der Waals surface area contributed by atoms with Crippen molar-refractivity contribution in [1.29, 1.82) is 0 Å². The number of halogens is 2. The topological polar surface area (TPSA) is 75.3 Å². The second kappa shape index (κ2) is 8.24. The highest BCUT2D eigenvalue weighted by molar-refractivity contribution is 7.90. The van der Waals surface area contributed by atoms with Gasteiger partial charge in [-0.3, -0.25) is 0 Å². The Bertz CT molecular complexity index is 650. The molecule has 5 nitrogen and oxygen atoms in total. The van der Waals surface area contributed by atoms with E-state index < -0.39 is 27.5 Å². The number of hydrogen-bond acceptors (Lipinski definition) is 3. The van der Waals surface area contributed by atoms with E-state index in [0.717, 1.165) is 18.4 Å². The molecule has 0 saturated carbocycles. The molecular weight excluding hydrogens is 326 g/mol. The monoisotopic (exact) mass is 348 g/mol. The summed E-state index contributed by atoms with van der Waals surface area (Å²) in [6, 6.07) is 2.91. The molecule has 8 heteroatoms. The SMILES string of the molecule is C[C@H](CCS(C)(=O)=O)NC(=O)NC[C@@H](C)c1ccc(F)c(F)c1. The molecule has 0 aromatic heterocycles. The van der Waals surface area contributed by atoms with E-state index in [2.05, 4.69) is 10.6 Å². The lowest BCUT2D eigenvalue weighted by molar-refractivity contribution is 0.237. The third-order valence-corrected chi connectivity index (χ3v) is 4.36. The molecule has 0 heterocycles. The second-order valence-electron chi connectivity index (χ2n) is 5.75. The summed E-state index contributed by atoms with van der Waals surface area (Å²) in [6.45, 7) is 3.74. The van der Waals surface area contributed by atoms with Gasteiger partial charge in [0.2, 0.25) is 0 Å². The van der Waals surface area contributed by atoms with E-state index in [0.29, 0.717) is 12.0 Å². The van der Waals surface area contributed by atoms with Gasteiger partial charge in [-0.15, -0.1) is 0 Å². The Labute approximate surface area is 135 Å². The van der Waals surface area contributed by atoms with Gasteiger partial charge in [0.25, 0.3) is 0 Å². The molecule has 1 aromatic rings. The van der Waals surface area contributed by atoms with Crippen molar-refractivity contribution in [3.05, 3.63) is 35.4 Å². The van der Waals surface area contributed by atoms with Gasteiger partial charge in [0.1, 0.15) is 9.84 Å². The minimum Gasteiger partial charge on any atom is -0.338 e. The number of amides is 2. The molecule has 0 unspecified atom stereocenters. The third kappa shape index (κ3) is 7.40. The van der Waals surface area contributed by atoms with E-state index >= 15 is 0 Å². The summed E-state index contributed by atoms with van der Waals surface area (Å²) in [5.41, 5.74) is 0.578. The van der Waals surface area contributed by atoms with Gasteiger partial charge >= 0.3 is 6.03 Å². The lowest BCUT2D eigenvalue weighted by Gasteiger charge is -2.17. The van der Waals surface area contributed by atoms with Crippen molar-refractivity contribution in [2.45, 2.75) is 32.2 Å². The van der Waals surface area contributed by atoms with Gasteiger partial charge in [-0.25, -0.2) is 22.0 Å². The Morgan fingerprint density at radius 2 is 1.87 bits per heavy atom. The maximum absolute atomic E-state index is 13.2. The molecule has 0 fully saturated rings. The summed E-state index contributed by atoms with van der Waals surface area (Å²) in [7, 11) is -3.06. The van der Waals surface area contributed by atoms with Crippen molar-refractivity contribution >= 4 is 15.9 Å². The standard InChI is InChI=1S/C15H22F2N2O3S/c1-10(12-4-5-13(16)14(17)8-12)9-18-15(20)19-11(2)6-7-23(3,21)22/h4-5,8,10-11H,6-7,9H2,1-3H3,(H2,18,19,20)/t10-,11-/m1/s1. The maximum atomic E-state index is 13.2. The lowest BCUT2D eigenvalue weighted by Crippen LogP contribution is -2.42. The third-order valence-electron chi connectivity index (χ3n) is 3.38. The number of hydrogen-bond donors (Lipinski definition) is 2. The summed E-state index contributed by atoms with van der Waals surface area (Å²) in [5.74, 6) is -2.03. The van der Waals surface area contributed by atoms with E-state index in [4.69, 9.17) is 0 Å². The van der Waals surface area contributed by atoms with Gasteiger partial charge < -0.3 is 10.6 Å². The van der Waals surface area contributed by atoms with Crippen LogP contribution in [-0.2, 0) is 9.84 Å². The van der Waals surface area contributed by atoms with E-state index in [1.165, 1.54) is 6.07 Å². The van der Waals surface area contributed by atoms with Crippen LogP contribution >= 0.6 is 0 Å². The van der Waals surface area contributed by atoms with Crippen LogP contribution in [0.5, 0.6) is 0 Å². The van der Waals surface area contributed by atoms with Crippen molar-refractivity contribution < 1.29 is 22.0 Å². The fraction of sp³-hybridized carbons (Fsp3) is 0.533. The quantitative estimate of drug-likeness (QED) is 0.793. The molecule has 130 valence electrons. The van der Waals surface area contributed by atoms with Gasteiger partial charge in [0, 0.05) is 18.8 Å². The molecule has 0 spiro atoms. The first kappa shape index (κ1) is 19.3. The highest BCUT2D eigenvalue weighted by Crippen LogP contribution is 2.17. The van der Waals surface area contributed by atoms with Gasteiger partial charge in [-0.2, -0.15) is 0 Å². The highest BCUT2D eigenvalue weighted by atomic mass is 32.2. The van der Waals surface area contributed by atoms with E-state index in [-0.39, 0.29) is 24.3 Å². The first-order valence-electron chi connectivity index (χ1n) is 7.25. The average molecular weight is 348 g/mol. The Balaban J connectivity index is 2.41. The van der Waals surface area contributed by atoms with E-state index in [9.17, 15) is 22.0 Å². The Kier molecular flexibility index (Phi) is 6.93. The van der Waals surface area contributed by atoms with Gasteiger partial charge in [-0.05, 0) is 37.0 Å². The fourth-order valence-corrected chi connectivity index (χ4v) is 2.70. The predicted octanol–water partition coefficient (Wildman–Crippen LogP) is 2.19. The molecule has 0 aliphatic carbocycles. The van der Waals surface area contributed by atoms with Crippen LogP contribution in [0.3, 0.4) is 0 Å². The van der Waals surface area contributed by atoms with Crippen LogP contribution in [-0.4, -0.2) is 39.0 Å². The van der Waals surface area contributed by atoms with E-state index in [1.54, 1.807) is 13.8 Å². The number of carbonyl (C=O) groups is 1. The molecule has 0 radical (unpaired) electrons. The largest absolute Gasteiger partial charge is 0.338 e. The van der Waals surface area contributed by atoms with Gasteiger partial charge in [-0.1, -0.05) is 13.0 Å². The van der Waals surface area contributed by atoms with Crippen molar-refractivity contribution in [2.75, 3.05) is 18.6 Å². The Morgan fingerprint density at radius 1 is 1.22 bits per heavy atom. The van der Waals surface area contributed by atoms with Crippen molar-refractivity contribution in [3.63, 3.8) is 0 Å². The van der Waals surface area contributed by atoms with Crippen LogP contribution in [0.25, 0.3) is 0 Å². The zero-order valence-corrected chi connectivity index (χ0v) is 14.2. The fourth-order valence-electron chi connectivity index (χ4n) is 1.92. The smallest absolute Gasteiger partial charge is 0.315 e. The molecule has 2 atom stereocenters. The zero-order chi connectivity index (χ0) is 17.6. The van der Waals surface area contributed by atoms with Crippen molar-refractivity contribution in [1.82, 2.24) is 10.6 Å². The zero-order valence-electron chi connectivity index (χ0n) is 13.4. The minimum absolute atomic E-state index is 0.000292. The lowest BCUT2D eigenvalue weighted by atomic mass is 10.0. The molecule has 1 aromatic carbocycles.